The fourth-order valence-electron chi connectivity index (χ4n) is 2.16. The molecule has 0 aliphatic heterocycles. The van der Waals surface area contributed by atoms with Crippen LogP contribution in [-0.4, -0.2) is 6.04 Å². The molecule has 1 aliphatic carbocycles. The van der Waals surface area contributed by atoms with Gasteiger partial charge in [-0.25, -0.2) is 0 Å². The molecule has 2 N–H and O–H groups in total. The van der Waals surface area contributed by atoms with Gasteiger partial charge >= 0.3 is 0 Å². The van der Waals surface area contributed by atoms with Gasteiger partial charge < -0.3 is 5.73 Å². The van der Waals surface area contributed by atoms with Gasteiger partial charge in [0.2, 0.25) is 0 Å². The molecule has 1 fully saturated rings. The maximum atomic E-state index is 6.19. The second-order valence-electron chi connectivity index (χ2n) is 4.35. The molecule has 0 amide bonds. The Morgan fingerprint density at radius 3 is 2.36 bits per heavy atom. The maximum absolute atomic E-state index is 6.19. The van der Waals surface area contributed by atoms with E-state index in [0.717, 1.165) is 5.57 Å². The average molecular weight is 187 g/mol. The van der Waals surface area contributed by atoms with Crippen molar-refractivity contribution in [2.24, 2.45) is 5.73 Å². The van der Waals surface area contributed by atoms with E-state index >= 15 is 0 Å². The third-order valence-electron chi connectivity index (χ3n) is 3.26. The van der Waals surface area contributed by atoms with Crippen LogP contribution >= 0.6 is 0 Å². The molecule has 14 heavy (non-hydrogen) atoms. The van der Waals surface area contributed by atoms with Crippen LogP contribution in [0.3, 0.4) is 0 Å². The van der Waals surface area contributed by atoms with Gasteiger partial charge in [-0.1, -0.05) is 42.5 Å². The molecular weight excluding hydrogens is 170 g/mol. The third kappa shape index (κ3) is 1.38. The summed E-state index contributed by atoms with van der Waals surface area (Å²) >= 11 is 0. The lowest BCUT2D eigenvalue weighted by Gasteiger charge is -2.24. The summed E-state index contributed by atoms with van der Waals surface area (Å²) in [6, 6.07) is 10.7. The van der Waals surface area contributed by atoms with Gasteiger partial charge in [-0.15, -0.1) is 0 Å². The van der Waals surface area contributed by atoms with Crippen LogP contribution in [0.15, 0.2) is 42.5 Å². The molecule has 0 bridgehead atoms. The van der Waals surface area contributed by atoms with Crippen molar-refractivity contribution in [3.63, 3.8) is 0 Å². The molecule has 1 aliphatic rings. The lowest BCUT2D eigenvalue weighted by molar-refractivity contribution is 0.579. The van der Waals surface area contributed by atoms with E-state index in [9.17, 15) is 0 Å². The lowest BCUT2D eigenvalue weighted by Crippen LogP contribution is -2.35. The quantitative estimate of drug-likeness (QED) is 0.723. The molecule has 2 rings (SSSR count). The highest BCUT2D eigenvalue weighted by atomic mass is 14.7. The zero-order chi connectivity index (χ0) is 10.2. The SMILES string of the molecule is C=C(C)C(N)C1(c2ccccc2)CC1. The first-order valence-corrected chi connectivity index (χ1v) is 5.13. The lowest BCUT2D eigenvalue weighted by atomic mass is 9.85. The van der Waals surface area contributed by atoms with Crippen LogP contribution in [0.1, 0.15) is 25.3 Å². The fraction of sp³-hybridized carbons (Fsp3) is 0.385. The monoisotopic (exact) mass is 187 g/mol. The van der Waals surface area contributed by atoms with E-state index < -0.39 is 0 Å². The number of nitrogens with two attached hydrogens (primary N) is 1. The van der Waals surface area contributed by atoms with E-state index in [1.54, 1.807) is 0 Å². The Morgan fingerprint density at radius 2 is 1.93 bits per heavy atom. The summed E-state index contributed by atoms with van der Waals surface area (Å²) in [6.07, 6.45) is 2.40. The highest BCUT2D eigenvalue weighted by molar-refractivity contribution is 5.37. The zero-order valence-electron chi connectivity index (χ0n) is 8.66. The van der Waals surface area contributed by atoms with E-state index in [4.69, 9.17) is 5.73 Å². The summed E-state index contributed by atoms with van der Waals surface area (Å²) in [4.78, 5) is 0. The minimum atomic E-state index is 0.116. The van der Waals surface area contributed by atoms with Crippen LogP contribution in [0.25, 0.3) is 0 Å². The van der Waals surface area contributed by atoms with Gasteiger partial charge in [0, 0.05) is 11.5 Å². The van der Waals surface area contributed by atoms with Gasteiger partial charge in [-0.05, 0) is 25.3 Å². The van der Waals surface area contributed by atoms with Crippen molar-refractivity contribution in [1.29, 1.82) is 0 Å². The van der Waals surface area contributed by atoms with E-state index in [1.165, 1.54) is 18.4 Å². The zero-order valence-corrected chi connectivity index (χ0v) is 8.66. The summed E-state index contributed by atoms with van der Waals surface area (Å²) < 4.78 is 0. The van der Waals surface area contributed by atoms with Crippen LogP contribution in [0, 0.1) is 0 Å². The van der Waals surface area contributed by atoms with Crippen LogP contribution < -0.4 is 5.73 Å². The largest absolute Gasteiger partial charge is 0.323 e. The molecule has 0 heterocycles. The van der Waals surface area contributed by atoms with E-state index in [0.29, 0.717) is 0 Å². The number of hydrogen-bond acceptors (Lipinski definition) is 1. The van der Waals surface area contributed by atoms with Crippen LogP contribution in [-0.2, 0) is 5.41 Å². The molecule has 1 heteroatoms. The predicted octanol–water partition coefficient (Wildman–Crippen LogP) is 2.62. The van der Waals surface area contributed by atoms with Crippen molar-refractivity contribution in [1.82, 2.24) is 0 Å². The number of hydrogen-bond donors (Lipinski definition) is 1. The summed E-state index contributed by atoms with van der Waals surface area (Å²) in [5.74, 6) is 0. The maximum Gasteiger partial charge on any atom is 0.0346 e. The Bertz CT molecular complexity index is 336. The van der Waals surface area contributed by atoms with Crippen LogP contribution in [0.2, 0.25) is 0 Å². The van der Waals surface area contributed by atoms with E-state index in [2.05, 4.69) is 30.8 Å². The first kappa shape index (κ1) is 9.47. The standard InChI is InChI=1S/C13H17N/c1-10(2)12(14)13(8-9-13)11-6-4-3-5-7-11/h3-7,12H,1,8-9,14H2,2H3. The van der Waals surface area contributed by atoms with Gasteiger partial charge in [0.15, 0.2) is 0 Å². The van der Waals surface area contributed by atoms with E-state index in [-0.39, 0.29) is 11.5 Å². The van der Waals surface area contributed by atoms with Crippen molar-refractivity contribution in [2.45, 2.75) is 31.2 Å². The molecule has 0 aromatic heterocycles. The Hall–Kier alpha value is -1.08. The number of rotatable bonds is 3. The van der Waals surface area contributed by atoms with Gasteiger partial charge in [0.1, 0.15) is 0 Å². The van der Waals surface area contributed by atoms with Crippen LogP contribution in [0.4, 0.5) is 0 Å². The van der Waals surface area contributed by atoms with Gasteiger partial charge in [0.25, 0.3) is 0 Å². The smallest absolute Gasteiger partial charge is 0.0346 e. The van der Waals surface area contributed by atoms with Crippen molar-refractivity contribution >= 4 is 0 Å². The summed E-state index contributed by atoms with van der Waals surface area (Å²) in [5, 5.41) is 0. The Kier molecular flexibility index (Phi) is 2.20. The number of benzene rings is 1. The van der Waals surface area contributed by atoms with Crippen molar-refractivity contribution in [2.75, 3.05) is 0 Å². The minimum Gasteiger partial charge on any atom is -0.323 e. The fourth-order valence-corrected chi connectivity index (χ4v) is 2.16. The molecule has 1 aromatic carbocycles. The minimum absolute atomic E-state index is 0.116. The average Bonchev–Trinajstić information content (AvgIpc) is 2.99. The summed E-state index contributed by atoms with van der Waals surface area (Å²) in [6.45, 7) is 5.98. The van der Waals surface area contributed by atoms with E-state index in [1.807, 2.05) is 13.0 Å². The Balaban J connectivity index is 2.30. The predicted molar refractivity (Wildman–Crippen MR) is 60.1 cm³/mol. The normalized spacial score (nSPS) is 20.1. The molecule has 1 aromatic rings. The van der Waals surface area contributed by atoms with Crippen LogP contribution in [0.5, 0.6) is 0 Å². The van der Waals surface area contributed by atoms with Gasteiger partial charge in [0.05, 0.1) is 0 Å². The molecule has 0 spiro atoms. The third-order valence-corrected chi connectivity index (χ3v) is 3.26. The van der Waals surface area contributed by atoms with Crippen molar-refractivity contribution < 1.29 is 0 Å². The highest BCUT2D eigenvalue weighted by Gasteiger charge is 2.49. The van der Waals surface area contributed by atoms with Crippen molar-refractivity contribution in [3.05, 3.63) is 48.0 Å². The molecule has 1 saturated carbocycles. The van der Waals surface area contributed by atoms with Gasteiger partial charge in [-0.2, -0.15) is 0 Å². The topological polar surface area (TPSA) is 26.0 Å². The highest BCUT2D eigenvalue weighted by Crippen LogP contribution is 2.51. The molecule has 1 nitrogen and oxygen atoms in total. The van der Waals surface area contributed by atoms with Crippen molar-refractivity contribution in [3.8, 4) is 0 Å². The molecular formula is C13H17N. The summed E-state index contributed by atoms with van der Waals surface area (Å²) in [7, 11) is 0. The first-order chi connectivity index (χ1) is 6.67. The Labute approximate surface area is 85.6 Å². The molecule has 1 unspecified atom stereocenters. The first-order valence-electron chi connectivity index (χ1n) is 5.13. The summed E-state index contributed by atoms with van der Waals surface area (Å²) in [5.41, 5.74) is 8.85. The second-order valence-corrected chi connectivity index (χ2v) is 4.35. The molecule has 0 saturated heterocycles. The van der Waals surface area contributed by atoms with Gasteiger partial charge in [-0.3, -0.25) is 0 Å². The molecule has 74 valence electrons. The Morgan fingerprint density at radius 1 is 1.36 bits per heavy atom. The second kappa shape index (κ2) is 3.25. The molecule has 0 radical (unpaired) electrons. The molecule has 1 atom stereocenters.